The van der Waals surface area contributed by atoms with Crippen molar-refractivity contribution in [1.29, 1.82) is 0 Å². The van der Waals surface area contributed by atoms with E-state index in [0.29, 0.717) is 19.4 Å². The van der Waals surface area contributed by atoms with Crippen LogP contribution in [-0.2, 0) is 23.8 Å². The lowest BCUT2D eigenvalue weighted by molar-refractivity contribution is -0.150. The van der Waals surface area contributed by atoms with Gasteiger partial charge in [-0.3, -0.25) is 9.59 Å². The van der Waals surface area contributed by atoms with Crippen LogP contribution in [0.1, 0.15) is 227 Å². The van der Waals surface area contributed by atoms with Crippen molar-refractivity contribution in [3.63, 3.8) is 0 Å². The van der Waals surface area contributed by atoms with Crippen molar-refractivity contribution in [3.05, 3.63) is 0 Å². The molecule has 0 aromatic rings. The Kier molecular flexibility index (Phi) is 40.5. The predicted molar refractivity (Wildman–Crippen MR) is 231 cm³/mol. The van der Waals surface area contributed by atoms with E-state index in [2.05, 4.69) is 44.7 Å². The molecule has 0 aromatic carbocycles. The standard InChI is InChI=1S/C47H94N2O5/c1-7-9-11-13-15-18-22-28-34-44(3)53-46(50)36-30-24-20-17-21-25-31-38-49(41-40-48(5)6)39-32-26-27-33-42-52-43-37-47(51)54-45(4)35-29-23-19-16-14-12-10-8-2/h44-45H,7-43H2,1-6H3. The van der Waals surface area contributed by atoms with Crippen LogP contribution in [0.5, 0.6) is 0 Å². The first kappa shape index (κ1) is 52.8. The molecule has 0 rings (SSSR count). The lowest BCUT2D eigenvalue weighted by atomic mass is 10.1. The van der Waals surface area contributed by atoms with Crippen LogP contribution in [0, 0.1) is 0 Å². The summed E-state index contributed by atoms with van der Waals surface area (Å²) in [6.45, 7) is 14.4. The van der Waals surface area contributed by atoms with Crippen molar-refractivity contribution in [2.75, 3.05) is 53.5 Å². The minimum atomic E-state index is -0.122. The Morgan fingerprint density at radius 1 is 0.426 bits per heavy atom. The SMILES string of the molecule is CCCCCCCCCCC(C)OC(=O)CCCCCCCCCN(CCCCCCOCCC(=O)OC(C)CCCCCCCCCC)CCN(C)C. The minimum absolute atomic E-state index is 0.00335. The first-order chi connectivity index (χ1) is 26.3. The molecule has 0 aliphatic rings. The molecule has 0 spiro atoms. The Bertz CT molecular complexity index is 736. The van der Waals surface area contributed by atoms with Gasteiger partial charge in [-0.1, -0.05) is 149 Å². The van der Waals surface area contributed by atoms with Gasteiger partial charge in [0, 0.05) is 26.1 Å². The highest BCUT2D eigenvalue weighted by molar-refractivity contribution is 5.69. The molecule has 0 aliphatic heterocycles. The topological polar surface area (TPSA) is 68.3 Å². The number of likely N-dealkylation sites (N-methyl/N-ethyl adjacent to an activating group) is 1. The Hall–Kier alpha value is -1.18. The molecule has 0 fully saturated rings. The smallest absolute Gasteiger partial charge is 0.308 e. The number of unbranched alkanes of at least 4 members (excludes halogenated alkanes) is 23. The van der Waals surface area contributed by atoms with Crippen molar-refractivity contribution in [3.8, 4) is 0 Å². The third-order valence-electron chi connectivity index (χ3n) is 10.8. The van der Waals surface area contributed by atoms with Crippen LogP contribution < -0.4 is 0 Å². The number of carbonyl (C=O) groups excluding carboxylic acids is 2. The van der Waals surface area contributed by atoms with Gasteiger partial charge in [-0.05, 0) is 92.4 Å². The number of ether oxygens (including phenoxy) is 3. The van der Waals surface area contributed by atoms with Crippen molar-refractivity contribution in [2.45, 2.75) is 239 Å². The van der Waals surface area contributed by atoms with Gasteiger partial charge < -0.3 is 24.0 Å². The predicted octanol–water partition coefficient (Wildman–Crippen LogP) is 12.9. The largest absolute Gasteiger partial charge is 0.463 e. The Balaban J connectivity index is 3.77. The Morgan fingerprint density at radius 3 is 1.28 bits per heavy atom. The Labute approximate surface area is 337 Å². The number of nitrogens with zero attached hydrogens (tertiary/aromatic N) is 2. The van der Waals surface area contributed by atoms with Crippen molar-refractivity contribution in [2.24, 2.45) is 0 Å². The summed E-state index contributed by atoms with van der Waals surface area (Å²) in [4.78, 5) is 29.3. The number of hydrogen-bond donors (Lipinski definition) is 0. The maximum absolute atomic E-state index is 12.2. The van der Waals surface area contributed by atoms with E-state index in [0.717, 1.165) is 58.2 Å². The summed E-state index contributed by atoms with van der Waals surface area (Å²) in [5.41, 5.74) is 0. The molecule has 0 heterocycles. The molecular weight excluding hydrogens is 673 g/mol. The number of carbonyl (C=O) groups is 2. The first-order valence-corrected chi connectivity index (χ1v) is 23.6. The average molecular weight is 767 g/mol. The van der Waals surface area contributed by atoms with Crippen molar-refractivity contribution in [1.82, 2.24) is 9.80 Å². The van der Waals surface area contributed by atoms with Gasteiger partial charge in [0.15, 0.2) is 0 Å². The molecule has 0 bridgehead atoms. The normalized spacial score (nSPS) is 12.8. The average Bonchev–Trinajstić information content (AvgIpc) is 3.14. The highest BCUT2D eigenvalue weighted by Crippen LogP contribution is 2.15. The van der Waals surface area contributed by atoms with Gasteiger partial charge in [-0.25, -0.2) is 0 Å². The summed E-state index contributed by atoms with van der Waals surface area (Å²) < 4.78 is 17.0. The van der Waals surface area contributed by atoms with Crippen LogP contribution >= 0.6 is 0 Å². The first-order valence-electron chi connectivity index (χ1n) is 23.6. The van der Waals surface area contributed by atoms with Crippen LogP contribution in [0.2, 0.25) is 0 Å². The molecular formula is C47H94N2O5. The van der Waals surface area contributed by atoms with Crippen molar-refractivity contribution >= 4 is 11.9 Å². The van der Waals surface area contributed by atoms with Gasteiger partial charge in [-0.15, -0.1) is 0 Å². The quantitative estimate of drug-likeness (QED) is 0.0452. The molecule has 0 N–H and O–H groups in total. The fourth-order valence-electron chi connectivity index (χ4n) is 7.13. The van der Waals surface area contributed by atoms with Gasteiger partial charge in [0.2, 0.25) is 0 Å². The number of rotatable bonds is 43. The van der Waals surface area contributed by atoms with Crippen LogP contribution in [0.4, 0.5) is 0 Å². The number of hydrogen-bond acceptors (Lipinski definition) is 7. The highest BCUT2D eigenvalue weighted by Gasteiger charge is 2.11. The zero-order valence-corrected chi connectivity index (χ0v) is 37.3. The van der Waals surface area contributed by atoms with E-state index in [9.17, 15) is 9.59 Å². The summed E-state index contributed by atoms with van der Waals surface area (Å²) in [6.07, 6.45) is 37.1. The van der Waals surface area contributed by atoms with E-state index < -0.39 is 0 Å². The second kappa shape index (κ2) is 41.5. The molecule has 54 heavy (non-hydrogen) atoms. The maximum Gasteiger partial charge on any atom is 0.308 e. The van der Waals surface area contributed by atoms with Crippen LogP contribution in [0.25, 0.3) is 0 Å². The zero-order valence-electron chi connectivity index (χ0n) is 37.3. The van der Waals surface area contributed by atoms with Gasteiger partial charge >= 0.3 is 11.9 Å². The second-order valence-electron chi connectivity index (χ2n) is 16.8. The molecule has 0 aliphatic carbocycles. The van der Waals surface area contributed by atoms with Crippen LogP contribution in [0.15, 0.2) is 0 Å². The molecule has 0 saturated heterocycles. The fourth-order valence-corrected chi connectivity index (χ4v) is 7.13. The molecule has 0 amide bonds. The molecule has 0 saturated carbocycles. The zero-order chi connectivity index (χ0) is 39.7. The molecule has 7 nitrogen and oxygen atoms in total. The summed E-state index contributed by atoms with van der Waals surface area (Å²) in [5.74, 6) is -0.126. The maximum atomic E-state index is 12.2. The molecule has 0 aromatic heterocycles. The van der Waals surface area contributed by atoms with E-state index in [1.807, 2.05) is 6.92 Å². The van der Waals surface area contributed by atoms with Gasteiger partial charge in [0.05, 0.1) is 25.2 Å². The third kappa shape index (κ3) is 40.5. The summed E-state index contributed by atoms with van der Waals surface area (Å²) in [7, 11) is 4.32. The lowest BCUT2D eigenvalue weighted by Crippen LogP contribution is -2.33. The van der Waals surface area contributed by atoms with Crippen molar-refractivity contribution < 1.29 is 23.8 Å². The molecule has 2 unspecified atom stereocenters. The van der Waals surface area contributed by atoms with Gasteiger partial charge in [0.1, 0.15) is 0 Å². The summed E-state index contributed by atoms with van der Waals surface area (Å²) in [6, 6.07) is 0. The van der Waals surface area contributed by atoms with E-state index in [-0.39, 0.29) is 24.1 Å². The second-order valence-corrected chi connectivity index (χ2v) is 16.8. The molecule has 7 heteroatoms. The Morgan fingerprint density at radius 2 is 0.815 bits per heavy atom. The highest BCUT2D eigenvalue weighted by atomic mass is 16.5. The van der Waals surface area contributed by atoms with E-state index >= 15 is 0 Å². The minimum Gasteiger partial charge on any atom is -0.463 e. The number of esters is 2. The summed E-state index contributed by atoms with van der Waals surface area (Å²) in [5, 5.41) is 0. The lowest BCUT2D eigenvalue weighted by Gasteiger charge is -2.24. The van der Waals surface area contributed by atoms with Crippen LogP contribution in [-0.4, -0.2) is 87.4 Å². The monoisotopic (exact) mass is 767 g/mol. The molecule has 322 valence electrons. The molecule has 0 radical (unpaired) electrons. The van der Waals surface area contributed by atoms with Crippen LogP contribution in [0.3, 0.4) is 0 Å². The summed E-state index contributed by atoms with van der Waals surface area (Å²) >= 11 is 0. The van der Waals surface area contributed by atoms with E-state index in [4.69, 9.17) is 14.2 Å². The van der Waals surface area contributed by atoms with Gasteiger partial charge in [0.25, 0.3) is 0 Å². The fraction of sp³-hybridized carbons (Fsp3) is 0.957. The van der Waals surface area contributed by atoms with E-state index in [1.54, 1.807) is 0 Å². The van der Waals surface area contributed by atoms with Gasteiger partial charge in [-0.2, -0.15) is 0 Å². The molecule has 2 atom stereocenters. The third-order valence-corrected chi connectivity index (χ3v) is 10.8. The van der Waals surface area contributed by atoms with E-state index in [1.165, 1.54) is 161 Å².